The van der Waals surface area contributed by atoms with E-state index in [9.17, 15) is 0 Å². The number of nitrogens with one attached hydrogen (secondary N) is 1. The summed E-state index contributed by atoms with van der Waals surface area (Å²) < 4.78 is 5.71. The van der Waals surface area contributed by atoms with Crippen LogP contribution >= 0.6 is 0 Å². The van der Waals surface area contributed by atoms with Gasteiger partial charge in [0.05, 0.1) is 6.10 Å². The lowest BCUT2D eigenvalue weighted by atomic mass is 10.2. The van der Waals surface area contributed by atoms with Gasteiger partial charge in [-0.3, -0.25) is 0 Å². The third kappa shape index (κ3) is 6.92. The fourth-order valence-electron chi connectivity index (χ4n) is 2.20. The predicted molar refractivity (Wildman–Crippen MR) is 86.3 cm³/mol. The molecule has 0 aliphatic carbocycles. The topological polar surface area (TPSA) is 24.5 Å². The zero-order valence-electron chi connectivity index (χ0n) is 13.5. The Morgan fingerprint density at radius 2 is 1.95 bits per heavy atom. The summed E-state index contributed by atoms with van der Waals surface area (Å²) in [5.74, 6) is 0.961. The molecule has 1 aromatic rings. The summed E-state index contributed by atoms with van der Waals surface area (Å²) in [5.41, 5.74) is 1.28. The van der Waals surface area contributed by atoms with E-state index in [0.717, 1.165) is 31.9 Å². The standard InChI is InChI=1S/C17H30N2O/c1-5-19(6-2)12-8-11-18-14-16-9-7-10-17(13-16)20-15(3)4/h7,9-10,13,15,18H,5-6,8,11-12,14H2,1-4H3. The first kappa shape index (κ1) is 17.0. The second kappa shape index (κ2) is 9.78. The Morgan fingerprint density at radius 1 is 1.20 bits per heavy atom. The van der Waals surface area contributed by atoms with Crippen LogP contribution in [0, 0.1) is 0 Å². The lowest BCUT2D eigenvalue weighted by molar-refractivity contribution is 0.242. The molecule has 0 amide bonds. The number of benzene rings is 1. The van der Waals surface area contributed by atoms with E-state index >= 15 is 0 Å². The molecule has 0 unspecified atom stereocenters. The zero-order valence-corrected chi connectivity index (χ0v) is 13.5. The summed E-state index contributed by atoms with van der Waals surface area (Å²) in [6.45, 7) is 14.0. The minimum atomic E-state index is 0.229. The van der Waals surface area contributed by atoms with Gasteiger partial charge in [-0.2, -0.15) is 0 Å². The molecule has 0 aliphatic rings. The summed E-state index contributed by atoms with van der Waals surface area (Å²) in [4.78, 5) is 2.46. The lowest BCUT2D eigenvalue weighted by Gasteiger charge is -2.17. The monoisotopic (exact) mass is 278 g/mol. The van der Waals surface area contributed by atoms with Gasteiger partial charge >= 0.3 is 0 Å². The van der Waals surface area contributed by atoms with E-state index in [2.05, 4.69) is 56.1 Å². The van der Waals surface area contributed by atoms with Gasteiger partial charge in [-0.15, -0.1) is 0 Å². The normalized spacial score (nSPS) is 11.3. The van der Waals surface area contributed by atoms with Crippen molar-refractivity contribution < 1.29 is 4.74 Å². The first-order valence-corrected chi connectivity index (χ1v) is 7.84. The molecule has 0 aliphatic heterocycles. The second-order valence-corrected chi connectivity index (χ2v) is 5.37. The van der Waals surface area contributed by atoms with Gasteiger partial charge < -0.3 is 15.0 Å². The van der Waals surface area contributed by atoms with E-state index in [-0.39, 0.29) is 6.10 Å². The molecule has 0 heterocycles. The maximum atomic E-state index is 5.71. The largest absolute Gasteiger partial charge is 0.491 e. The van der Waals surface area contributed by atoms with Gasteiger partial charge in [0.25, 0.3) is 0 Å². The van der Waals surface area contributed by atoms with Crippen LogP contribution < -0.4 is 10.1 Å². The molecular weight excluding hydrogens is 248 g/mol. The highest BCUT2D eigenvalue weighted by atomic mass is 16.5. The van der Waals surface area contributed by atoms with Crippen LogP contribution in [0.1, 0.15) is 39.7 Å². The van der Waals surface area contributed by atoms with E-state index in [0.29, 0.717) is 0 Å². The van der Waals surface area contributed by atoms with Crippen LogP contribution in [0.4, 0.5) is 0 Å². The van der Waals surface area contributed by atoms with Crippen LogP contribution in [0.5, 0.6) is 5.75 Å². The Bertz CT molecular complexity index is 362. The molecule has 0 atom stereocenters. The number of hydrogen-bond donors (Lipinski definition) is 1. The smallest absolute Gasteiger partial charge is 0.120 e. The third-order valence-corrected chi connectivity index (χ3v) is 3.32. The number of rotatable bonds is 10. The average Bonchev–Trinajstić information content (AvgIpc) is 2.42. The molecule has 1 rings (SSSR count). The summed E-state index contributed by atoms with van der Waals surface area (Å²) in [5, 5.41) is 3.50. The summed E-state index contributed by atoms with van der Waals surface area (Å²) in [6.07, 6.45) is 1.43. The van der Waals surface area contributed by atoms with Crippen molar-refractivity contribution in [2.45, 2.75) is 46.8 Å². The minimum absolute atomic E-state index is 0.229. The summed E-state index contributed by atoms with van der Waals surface area (Å²) >= 11 is 0. The molecule has 0 spiro atoms. The van der Waals surface area contributed by atoms with E-state index in [1.165, 1.54) is 18.5 Å². The first-order chi connectivity index (χ1) is 9.65. The average molecular weight is 278 g/mol. The second-order valence-electron chi connectivity index (χ2n) is 5.37. The quantitative estimate of drug-likeness (QED) is 0.665. The van der Waals surface area contributed by atoms with Crippen molar-refractivity contribution >= 4 is 0 Å². The van der Waals surface area contributed by atoms with E-state index in [1.807, 2.05) is 6.07 Å². The molecule has 0 radical (unpaired) electrons. The van der Waals surface area contributed by atoms with Crippen molar-refractivity contribution in [3.63, 3.8) is 0 Å². The Morgan fingerprint density at radius 3 is 2.60 bits per heavy atom. The lowest BCUT2D eigenvalue weighted by Crippen LogP contribution is -2.27. The molecule has 114 valence electrons. The van der Waals surface area contributed by atoms with Crippen LogP contribution in [-0.2, 0) is 6.54 Å². The highest BCUT2D eigenvalue weighted by Gasteiger charge is 2.00. The Labute approximate surface area is 124 Å². The highest BCUT2D eigenvalue weighted by Crippen LogP contribution is 2.14. The van der Waals surface area contributed by atoms with E-state index in [1.54, 1.807) is 0 Å². The van der Waals surface area contributed by atoms with Crippen molar-refractivity contribution in [2.75, 3.05) is 26.2 Å². The van der Waals surface area contributed by atoms with Crippen molar-refractivity contribution in [1.82, 2.24) is 10.2 Å². The summed E-state index contributed by atoms with van der Waals surface area (Å²) in [7, 11) is 0. The maximum absolute atomic E-state index is 5.71. The van der Waals surface area contributed by atoms with Gasteiger partial charge in [0.2, 0.25) is 0 Å². The van der Waals surface area contributed by atoms with E-state index < -0.39 is 0 Å². The molecule has 3 heteroatoms. The Hall–Kier alpha value is -1.06. The highest BCUT2D eigenvalue weighted by molar-refractivity contribution is 5.28. The van der Waals surface area contributed by atoms with Crippen LogP contribution in [-0.4, -0.2) is 37.2 Å². The molecular formula is C17H30N2O. The fraction of sp³-hybridized carbons (Fsp3) is 0.647. The minimum Gasteiger partial charge on any atom is -0.491 e. The van der Waals surface area contributed by atoms with Gasteiger partial charge in [0, 0.05) is 6.54 Å². The molecule has 0 fully saturated rings. The number of nitrogens with zero attached hydrogens (tertiary/aromatic N) is 1. The molecule has 0 aromatic heterocycles. The van der Waals surface area contributed by atoms with Crippen molar-refractivity contribution in [3.05, 3.63) is 29.8 Å². The van der Waals surface area contributed by atoms with Gasteiger partial charge in [-0.1, -0.05) is 26.0 Å². The van der Waals surface area contributed by atoms with Crippen molar-refractivity contribution in [3.8, 4) is 5.75 Å². The molecule has 0 saturated carbocycles. The van der Waals surface area contributed by atoms with Crippen molar-refractivity contribution in [2.24, 2.45) is 0 Å². The molecule has 20 heavy (non-hydrogen) atoms. The molecule has 1 N–H and O–H groups in total. The SMILES string of the molecule is CCN(CC)CCCNCc1cccc(OC(C)C)c1. The van der Waals surface area contributed by atoms with Gasteiger partial charge in [0.15, 0.2) is 0 Å². The molecule has 3 nitrogen and oxygen atoms in total. The maximum Gasteiger partial charge on any atom is 0.120 e. The van der Waals surface area contributed by atoms with Crippen LogP contribution in [0.15, 0.2) is 24.3 Å². The van der Waals surface area contributed by atoms with Crippen LogP contribution in [0.25, 0.3) is 0 Å². The van der Waals surface area contributed by atoms with Crippen LogP contribution in [0.3, 0.4) is 0 Å². The Balaban J connectivity index is 2.24. The zero-order chi connectivity index (χ0) is 14.8. The molecule has 0 bridgehead atoms. The number of hydrogen-bond acceptors (Lipinski definition) is 3. The molecule has 0 saturated heterocycles. The van der Waals surface area contributed by atoms with E-state index in [4.69, 9.17) is 4.74 Å². The van der Waals surface area contributed by atoms with Crippen LogP contribution in [0.2, 0.25) is 0 Å². The molecule has 1 aromatic carbocycles. The fourth-order valence-corrected chi connectivity index (χ4v) is 2.20. The van der Waals surface area contributed by atoms with Crippen molar-refractivity contribution in [1.29, 1.82) is 0 Å². The summed E-state index contributed by atoms with van der Waals surface area (Å²) in [6, 6.07) is 8.34. The third-order valence-electron chi connectivity index (χ3n) is 3.32. The first-order valence-electron chi connectivity index (χ1n) is 7.84. The van der Waals surface area contributed by atoms with Gasteiger partial charge in [-0.25, -0.2) is 0 Å². The number of ether oxygens (including phenoxy) is 1. The van der Waals surface area contributed by atoms with Gasteiger partial charge in [0.1, 0.15) is 5.75 Å². The van der Waals surface area contributed by atoms with Gasteiger partial charge in [-0.05, 0) is 64.1 Å². The predicted octanol–water partition coefficient (Wildman–Crippen LogP) is 3.30. The Kier molecular flexibility index (Phi) is 8.31.